The van der Waals surface area contributed by atoms with Crippen LogP contribution in [0.15, 0.2) is 42.7 Å². The van der Waals surface area contributed by atoms with E-state index in [0.29, 0.717) is 6.04 Å². The Bertz CT molecular complexity index is 764. The van der Waals surface area contributed by atoms with Gasteiger partial charge in [-0.05, 0) is 44.2 Å². The largest absolute Gasteiger partial charge is 0.398 e. The Balaban J connectivity index is 1.83. The van der Waals surface area contributed by atoms with E-state index in [4.69, 9.17) is 5.73 Å². The number of hydrogen-bond donors (Lipinski definition) is 2. The van der Waals surface area contributed by atoms with Crippen LogP contribution in [-0.2, 0) is 6.42 Å². The Hall–Kier alpha value is -2.07. The number of aromatic nitrogens is 1. The summed E-state index contributed by atoms with van der Waals surface area (Å²) in [6, 6.07) is 10.7. The maximum atomic E-state index is 6.03. The van der Waals surface area contributed by atoms with Crippen LogP contribution in [0, 0.1) is 6.92 Å². The monoisotopic (exact) mass is 297 g/mol. The zero-order valence-corrected chi connectivity index (χ0v) is 13.1. The van der Waals surface area contributed by atoms with E-state index in [2.05, 4.69) is 36.3 Å². The predicted molar refractivity (Wildman–Crippen MR) is 92.0 cm³/mol. The normalized spacial score (nSPS) is 12.5. The number of nitrogens with two attached hydrogens (primary N) is 1. The molecule has 0 saturated heterocycles. The second kappa shape index (κ2) is 5.74. The van der Waals surface area contributed by atoms with Crippen LogP contribution in [0.1, 0.15) is 16.7 Å². The maximum Gasteiger partial charge on any atom is 0.0439 e. The molecular formula is C17H19N3S. The smallest absolute Gasteiger partial charge is 0.0439 e. The molecule has 1 unspecified atom stereocenters. The molecule has 0 saturated carbocycles. The van der Waals surface area contributed by atoms with E-state index >= 15 is 0 Å². The van der Waals surface area contributed by atoms with Crippen LogP contribution < -0.4 is 11.1 Å². The third-order valence-corrected chi connectivity index (χ3v) is 4.58. The van der Waals surface area contributed by atoms with Gasteiger partial charge in [0.15, 0.2) is 0 Å². The summed E-state index contributed by atoms with van der Waals surface area (Å²) in [5.41, 5.74) is 7.91. The number of anilines is 2. The summed E-state index contributed by atoms with van der Waals surface area (Å²) < 4.78 is 0. The molecular weight excluding hydrogens is 278 g/mol. The summed E-state index contributed by atoms with van der Waals surface area (Å²) in [6.45, 7) is 4.35. The predicted octanol–water partition coefficient (Wildman–Crippen LogP) is 4.23. The van der Waals surface area contributed by atoms with Crippen LogP contribution >= 0.6 is 11.3 Å². The molecule has 3 aromatic rings. The average molecular weight is 297 g/mol. The summed E-state index contributed by atoms with van der Waals surface area (Å²) in [5.74, 6) is 0. The number of hydrogen-bond acceptors (Lipinski definition) is 4. The van der Waals surface area contributed by atoms with Crippen molar-refractivity contribution in [2.75, 3.05) is 11.1 Å². The highest BCUT2D eigenvalue weighted by atomic mass is 32.1. The van der Waals surface area contributed by atoms with Crippen LogP contribution in [0.2, 0.25) is 0 Å². The highest BCUT2D eigenvalue weighted by Gasteiger charge is 2.09. The van der Waals surface area contributed by atoms with Gasteiger partial charge in [-0.25, -0.2) is 0 Å². The number of benzene rings is 1. The van der Waals surface area contributed by atoms with Gasteiger partial charge in [0.2, 0.25) is 0 Å². The van der Waals surface area contributed by atoms with Crippen molar-refractivity contribution in [3.8, 4) is 0 Å². The van der Waals surface area contributed by atoms with E-state index in [9.17, 15) is 0 Å². The molecule has 0 bridgehead atoms. The lowest BCUT2D eigenvalue weighted by molar-refractivity contribution is 0.802. The lowest BCUT2D eigenvalue weighted by atomic mass is 10.1. The Morgan fingerprint density at radius 3 is 2.81 bits per heavy atom. The molecule has 1 atom stereocenters. The van der Waals surface area contributed by atoms with E-state index < -0.39 is 0 Å². The van der Waals surface area contributed by atoms with Gasteiger partial charge in [0.1, 0.15) is 0 Å². The Labute approximate surface area is 128 Å². The Morgan fingerprint density at radius 1 is 1.19 bits per heavy atom. The standard InChI is InChI=1S/C17H19N3S/c1-11(9-13-4-3-12(2)21-13)20-17-6-5-16(18)14-7-8-19-10-15(14)17/h3-8,10-11,20H,9,18H2,1-2H3. The molecule has 0 spiro atoms. The second-order valence-electron chi connectivity index (χ2n) is 5.39. The highest BCUT2D eigenvalue weighted by Crippen LogP contribution is 2.28. The van der Waals surface area contributed by atoms with Gasteiger partial charge in [0, 0.05) is 56.8 Å². The van der Waals surface area contributed by atoms with Crippen LogP contribution in [0.4, 0.5) is 11.4 Å². The molecule has 108 valence electrons. The minimum absolute atomic E-state index is 0.357. The lowest BCUT2D eigenvalue weighted by Gasteiger charge is -2.17. The SMILES string of the molecule is Cc1ccc(CC(C)Nc2ccc(N)c3ccncc23)s1. The third kappa shape index (κ3) is 3.00. The van der Waals surface area contributed by atoms with Crippen LogP contribution in [0.5, 0.6) is 0 Å². The number of thiophene rings is 1. The number of nitrogen functional groups attached to an aromatic ring is 1. The van der Waals surface area contributed by atoms with Gasteiger partial charge in [-0.2, -0.15) is 0 Å². The van der Waals surface area contributed by atoms with Gasteiger partial charge >= 0.3 is 0 Å². The van der Waals surface area contributed by atoms with Crippen molar-refractivity contribution < 1.29 is 0 Å². The Morgan fingerprint density at radius 2 is 2.05 bits per heavy atom. The molecule has 3 N–H and O–H groups in total. The number of pyridine rings is 1. The fourth-order valence-electron chi connectivity index (χ4n) is 2.55. The van der Waals surface area contributed by atoms with Gasteiger partial charge in [0.25, 0.3) is 0 Å². The molecule has 0 aliphatic rings. The molecule has 0 fully saturated rings. The molecule has 1 aromatic carbocycles. The van der Waals surface area contributed by atoms with Crippen molar-refractivity contribution in [3.63, 3.8) is 0 Å². The molecule has 3 rings (SSSR count). The molecule has 21 heavy (non-hydrogen) atoms. The summed E-state index contributed by atoms with van der Waals surface area (Å²) in [5, 5.41) is 5.71. The molecule has 2 heterocycles. The van der Waals surface area contributed by atoms with Crippen molar-refractivity contribution >= 4 is 33.5 Å². The number of fused-ring (bicyclic) bond motifs is 1. The van der Waals surface area contributed by atoms with Crippen molar-refractivity contribution in [2.24, 2.45) is 0 Å². The van der Waals surface area contributed by atoms with E-state index in [0.717, 1.165) is 28.6 Å². The number of nitrogens with one attached hydrogen (secondary N) is 1. The van der Waals surface area contributed by atoms with Gasteiger partial charge in [-0.3, -0.25) is 4.98 Å². The first-order chi connectivity index (χ1) is 10.1. The van der Waals surface area contributed by atoms with Crippen molar-refractivity contribution in [1.82, 2.24) is 4.98 Å². The van der Waals surface area contributed by atoms with Gasteiger partial charge in [-0.1, -0.05) is 0 Å². The molecule has 0 aliphatic carbocycles. The number of aryl methyl sites for hydroxylation is 1. The summed E-state index contributed by atoms with van der Waals surface area (Å²) in [6.07, 6.45) is 4.67. The van der Waals surface area contributed by atoms with Crippen molar-refractivity contribution in [1.29, 1.82) is 0 Å². The van der Waals surface area contributed by atoms with Crippen LogP contribution in [0.3, 0.4) is 0 Å². The second-order valence-corrected chi connectivity index (χ2v) is 6.76. The van der Waals surface area contributed by atoms with E-state index in [1.807, 2.05) is 35.7 Å². The first kappa shape index (κ1) is 13.9. The third-order valence-electron chi connectivity index (χ3n) is 3.56. The molecule has 4 heteroatoms. The number of nitrogens with zero attached hydrogens (tertiary/aromatic N) is 1. The first-order valence-electron chi connectivity index (χ1n) is 7.07. The summed E-state index contributed by atoms with van der Waals surface area (Å²) in [4.78, 5) is 6.98. The molecule has 2 aromatic heterocycles. The minimum Gasteiger partial charge on any atom is -0.398 e. The maximum absolute atomic E-state index is 6.03. The average Bonchev–Trinajstić information content (AvgIpc) is 2.87. The van der Waals surface area contributed by atoms with E-state index in [1.165, 1.54) is 9.75 Å². The zero-order chi connectivity index (χ0) is 14.8. The van der Waals surface area contributed by atoms with Gasteiger partial charge in [-0.15, -0.1) is 11.3 Å². The minimum atomic E-state index is 0.357. The fraction of sp³-hybridized carbons (Fsp3) is 0.235. The highest BCUT2D eigenvalue weighted by molar-refractivity contribution is 7.11. The quantitative estimate of drug-likeness (QED) is 0.709. The molecule has 3 nitrogen and oxygen atoms in total. The Kier molecular flexibility index (Phi) is 3.80. The summed E-state index contributed by atoms with van der Waals surface area (Å²) >= 11 is 1.86. The van der Waals surface area contributed by atoms with E-state index in [1.54, 1.807) is 6.20 Å². The lowest BCUT2D eigenvalue weighted by Crippen LogP contribution is -2.17. The fourth-order valence-corrected chi connectivity index (χ4v) is 3.57. The summed E-state index contributed by atoms with van der Waals surface area (Å²) in [7, 11) is 0. The zero-order valence-electron chi connectivity index (χ0n) is 12.3. The van der Waals surface area contributed by atoms with Crippen LogP contribution in [-0.4, -0.2) is 11.0 Å². The van der Waals surface area contributed by atoms with Crippen molar-refractivity contribution in [3.05, 3.63) is 52.5 Å². The molecule has 0 radical (unpaired) electrons. The molecule has 0 aliphatic heterocycles. The van der Waals surface area contributed by atoms with E-state index in [-0.39, 0.29) is 0 Å². The van der Waals surface area contributed by atoms with Gasteiger partial charge < -0.3 is 11.1 Å². The topological polar surface area (TPSA) is 50.9 Å². The van der Waals surface area contributed by atoms with Crippen LogP contribution in [0.25, 0.3) is 10.8 Å². The first-order valence-corrected chi connectivity index (χ1v) is 7.89. The molecule has 0 amide bonds. The van der Waals surface area contributed by atoms with Gasteiger partial charge in [0.05, 0.1) is 0 Å². The van der Waals surface area contributed by atoms with Crippen molar-refractivity contribution in [2.45, 2.75) is 26.3 Å². The number of rotatable bonds is 4.